The largest absolute Gasteiger partial charge is 0.378 e. The zero-order valence-electron chi connectivity index (χ0n) is 19.1. The number of aryl methyl sites for hydroxylation is 1. The molecule has 5 rings (SSSR count). The first-order valence-electron chi connectivity index (χ1n) is 11.1. The van der Waals surface area contributed by atoms with Crippen molar-refractivity contribution in [1.82, 2.24) is 15.0 Å². The van der Waals surface area contributed by atoms with Crippen LogP contribution in [0.3, 0.4) is 0 Å². The number of nitrogens with zero attached hydrogens (tertiary/aromatic N) is 7. The second-order valence-corrected chi connectivity index (χ2v) is 8.44. The number of hydrogen-bond acceptors (Lipinski definition) is 10. The van der Waals surface area contributed by atoms with E-state index in [1.54, 1.807) is 24.5 Å². The zero-order chi connectivity index (χ0) is 23.7. The summed E-state index contributed by atoms with van der Waals surface area (Å²) in [5.74, 6) is 2.25. The van der Waals surface area contributed by atoms with Gasteiger partial charge < -0.3 is 24.8 Å². The Morgan fingerprint density at radius 1 is 1.09 bits per heavy atom. The van der Waals surface area contributed by atoms with E-state index in [9.17, 15) is 10.1 Å². The number of benzene rings is 1. The van der Waals surface area contributed by atoms with Gasteiger partial charge in [0.15, 0.2) is 0 Å². The van der Waals surface area contributed by atoms with E-state index in [1.807, 2.05) is 31.0 Å². The molecule has 2 aromatic heterocycles. The SMILES string of the molecule is Cc1ccc([N+](=O)[O-])cc1N1Cc2cnc(Nc3ccc(N4CCOCC4)nc3)nc2N(C)C1. The summed E-state index contributed by atoms with van der Waals surface area (Å²) in [5.41, 5.74) is 3.66. The maximum atomic E-state index is 11.2. The van der Waals surface area contributed by atoms with Crippen LogP contribution < -0.4 is 20.0 Å². The Balaban J connectivity index is 1.32. The Bertz CT molecular complexity index is 1200. The highest BCUT2D eigenvalue weighted by Gasteiger charge is 2.25. The molecule has 0 saturated carbocycles. The Labute approximate surface area is 197 Å². The summed E-state index contributed by atoms with van der Waals surface area (Å²) in [6, 6.07) is 8.89. The number of nitro groups is 1. The van der Waals surface area contributed by atoms with Crippen LogP contribution in [0.25, 0.3) is 0 Å². The minimum atomic E-state index is -0.367. The van der Waals surface area contributed by atoms with Gasteiger partial charge in [0.2, 0.25) is 5.95 Å². The molecule has 3 aromatic rings. The first kappa shape index (κ1) is 21.8. The van der Waals surface area contributed by atoms with Gasteiger partial charge in [0.05, 0.1) is 36.7 Å². The molecule has 0 unspecified atom stereocenters. The first-order valence-corrected chi connectivity index (χ1v) is 11.1. The summed E-state index contributed by atoms with van der Waals surface area (Å²) in [5, 5.41) is 14.5. The van der Waals surface area contributed by atoms with Gasteiger partial charge in [-0.05, 0) is 24.6 Å². The molecule has 34 heavy (non-hydrogen) atoms. The number of anilines is 5. The van der Waals surface area contributed by atoms with Crippen LogP contribution in [0.1, 0.15) is 11.1 Å². The third-order valence-electron chi connectivity index (χ3n) is 6.03. The lowest BCUT2D eigenvalue weighted by atomic mass is 10.1. The zero-order valence-corrected chi connectivity index (χ0v) is 19.1. The van der Waals surface area contributed by atoms with E-state index in [-0.39, 0.29) is 10.6 Å². The van der Waals surface area contributed by atoms with Gasteiger partial charge in [-0.2, -0.15) is 4.98 Å². The van der Waals surface area contributed by atoms with Crippen LogP contribution >= 0.6 is 0 Å². The summed E-state index contributed by atoms with van der Waals surface area (Å²) in [6.07, 6.45) is 3.58. The fourth-order valence-electron chi connectivity index (χ4n) is 4.26. The molecule has 0 bridgehead atoms. The Hall–Kier alpha value is -3.99. The predicted octanol–water partition coefficient (Wildman–Crippen LogP) is 3.08. The van der Waals surface area contributed by atoms with E-state index in [2.05, 4.69) is 25.1 Å². The van der Waals surface area contributed by atoms with Crippen LogP contribution in [-0.2, 0) is 11.3 Å². The lowest BCUT2D eigenvalue weighted by molar-refractivity contribution is -0.384. The standard InChI is InChI=1S/C23H26N8O3/c1-16-3-5-19(31(32)33)11-20(16)30-14-17-12-25-23(27-22(17)28(2)15-30)26-18-4-6-21(24-13-18)29-7-9-34-10-8-29/h3-6,11-13H,7-10,14-15H2,1-2H3,(H,25,26,27). The van der Waals surface area contributed by atoms with Crippen LogP contribution in [-0.4, -0.2) is 59.9 Å². The average Bonchev–Trinajstić information content (AvgIpc) is 2.85. The lowest BCUT2D eigenvalue weighted by Gasteiger charge is -2.37. The Morgan fingerprint density at radius 2 is 1.91 bits per heavy atom. The predicted molar refractivity (Wildman–Crippen MR) is 130 cm³/mol. The number of fused-ring (bicyclic) bond motifs is 1. The molecular formula is C23H26N8O3. The summed E-state index contributed by atoms with van der Waals surface area (Å²) in [6.45, 7) is 6.20. The minimum absolute atomic E-state index is 0.0816. The molecular weight excluding hydrogens is 436 g/mol. The topological polar surface area (TPSA) is 113 Å². The number of nitrogens with one attached hydrogen (secondary N) is 1. The number of nitro benzene ring substituents is 1. The van der Waals surface area contributed by atoms with E-state index in [1.165, 1.54) is 6.07 Å². The summed E-state index contributed by atoms with van der Waals surface area (Å²) in [4.78, 5) is 30.9. The van der Waals surface area contributed by atoms with Crippen LogP contribution in [0.4, 0.5) is 34.6 Å². The van der Waals surface area contributed by atoms with E-state index in [4.69, 9.17) is 9.72 Å². The Kier molecular flexibility index (Phi) is 5.84. The molecule has 2 aliphatic rings. The molecule has 4 heterocycles. The molecule has 176 valence electrons. The number of pyridine rings is 1. The number of non-ortho nitro benzene ring substituents is 1. The van der Waals surface area contributed by atoms with E-state index >= 15 is 0 Å². The van der Waals surface area contributed by atoms with Crippen LogP contribution in [0.5, 0.6) is 0 Å². The third-order valence-corrected chi connectivity index (χ3v) is 6.03. The van der Waals surface area contributed by atoms with E-state index < -0.39 is 0 Å². The molecule has 1 N–H and O–H groups in total. The normalized spacial score (nSPS) is 15.8. The number of morpholine rings is 1. The van der Waals surface area contributed by atoms with E-state index in [0.29, 0.717) is 19.2 Å². The fourth-order valence-corrected chi connectivity index (χ4v) is 4.26. The summed E-state index contributed by atoms with van der Waals surface area (Å²) < 4.78 is 5.40. The van der Waals surface area contributed by atoms with Crippen molar-refractivity contribution in [2.75, 3.05) is 60.0 Å². The molecule has 0 atom stereocenters. The van der Waals surface area contributed by atoms with Crippen molar-refractivity contribution in [2.45, 2.75) is 13.5 Å². The highest BCUT2D eigenvalue weighted by molar-refractivity contribution is 5.64. The van der Waals surface area contributed by atoms with Gasteiger partial charge in [0, 0.05) is 56.3 Å². The van der Waals surface area contributed by atoms with Crippen LogP contribution in [0.15, 0.2) is 42.7 Å². The molecule has 0 spiro atoms. The van der Waals surface area contributed by atoms with Gasteiger partial charge in [-0.3, -0.25) is 10.1 Å². The van der Waals surface area contributed by atoms with Crippen molar-refractivity contribution in [3.05, 3.63) is 64.0 Å². The van der Waals surface area contributed by atoms with Crippen molar-refractivity contribution in [2.24, 2.45) is 0 Å². The molecule has 1 saturated heterocycles. The smallest absolute Gasteiger partial charge is 0.271 e. The molecule has 1 aromatic carbocycles. The van der Waals surface area contributed by atoms with Gasteiger partial charge in [-0.25, -0.2) is 9.97 Å². The average molecular weight is 463 g/mol. The summed E-state index contributed by atoms with van der Waals surface area (Å²) >= 11 is 0. The minimum Gasteiger partial charge on any atom is -0.378 e. The molecule has 0 amide bonds. The molecule has 2 aliphatic heterocycles. The first-order chi connectivity index (χ1) is 16.5. The van der Waals surface area contributed by atoms with Crippen LogP contribution in [0, 0.1) is 17.0 Å². The highest BCUT2D eigenvalue weighted by Crippen LogP contribution is 2.32. The van der Waals surface area contributed by atoms with Gasteiger partial charge in [-0.1, -0.05) is 6.07 Å². The van der Waals surface area contributed by atoms with Gasteiger partial charge in [-0.15, -0.1) is 0 Å². The van der Waals surface area contributed by atoms with Gasteiger partial charge in [0.25, 0.3) is 5.69 Å². The fraction of sp³-hybridized carbons (Fsp3) is 0.348. The molecule has 0 radical (unpaired) electrons. The van der Waals surface area contributed by atoms with Gasteiger partial charge in [0.1, 0.15) is 11.6 Å². The second kappa shape index (κ2) is 9.10. The second-order valence-electron chi connectivity index (χ2n) is 8.44. The number of ether oxygens (including phenoxy) is 1. The Morgan fingerprint density at radius 3 is 2.65 bits per heavy atom. The highest BCUT2D eigenvalue weighted by atomic mass is 16.6. The number of aromatic nitrogens is 3. The maximum Gasteiger partial charge on any atom is 0.271 e. The number of hydrogen-bond donors (Lipinski definition) is 1. The number of rotatable bonds is 5. The van der Waals surface area contributed by atoms with Crippen molar-refractivity contribution >= 4 is 34.6 Å². The van der Waals surface area contributed by atoms with Crippen molar-refractivity contribution in [3.8, 4) is 0 Å². The van der Waals surface area contributed by atoms with E-state index in [0.717, 1.165) is 60.4 Å². The monoisotopic (exact) mass is 462 g/mol. The maximum absolute atomic E-state index is 11.2. The quantitative estimate of drug-likeness (QED) is 0.448. The summed E-state index contributed by atoms with van der Waals surface area (Å²) in [7, 11) is 1.95. The molecule has 1 fully saturated rings. The lowest BCUT2D eigenvalue weighted by Crippen LogP contribution is -2.41. The molecule has 11 nitrogen and oxygen atoms in total. The van der Waals surface area contributed by atoms with Gasteiger partial charge >= 0.3 is 0 Å². The van der Waals surface area contributed by atoms with Crippen molar-refractivity contribution in [1.29, 1.82) is 0 Å². The van der Waals surface area contributed by atoms with Crippen molar-refractivity contribution < 1.29 is 9.66 Å². The molecule has 0 aliphatic carbocycles. The third kappa shape index (κ3) is 4.42. The molecule has 11 heteroatoms. The van der Waals surface area contributed by atoms with Crippen molar-refractivity contribution in [3.63, 3.8) is 0 Å². The van der Waals surface area contributed by atoms with Crippen LogP contribution in [0.2, 0.25) is 0 Å².